The Kier molecular flexibility index (Phi) is 2.95. The van der Waals surface area contributed by atoms with Crippen molar-refractivity contribution in [2.24, 2.45) is 16.6 Å². The van der Waals surface area contributed by atoms with E-state index in [4.69, 9.17) is 5.73 Å². The molecule has 1 heterocycles. The zero-order valence-electron chi connectivity index (χ0n) is 11.8. The van der Waals surface area contributed by atoms with Crippen LogP contribution in [0.25, 0.3) is 0 Å². The zero-order valence-corrected chi connectivity index (χ0v) is 12.6. The van der Waals surface area contributed by atoms with Gasteiger partial charge in [-0.2, -0.15) is 0 Å². The van der Waals surface area contributed by atoms with Crippen LogP contribution in [-0.2, 0) is 5.54 Å². The van der Waals surface area contributed by atoms with Crippen LogP contribution < -0.4 is 5.73 Å². The summed E-state index contributed by atoms with van der Waals surface area (Å²) in [6.45, 7) is 11.6. The highest BCUT2D eigenvalue weighted by molar-refractivity contribution is 7.10. The molecule has 1 saturated carbocycles. The van der Waals surface area contributed by atoms with Gasteiger partial charge in [0.15, 0.2) is 0 Å². The summed E-state index contributed by atoms with van der Waals surface area (Å²) in [5, 5.41) is 2.26. The molecule has 0 bridgehead atoms. The number of thiophene rings is 1. The lowest BCUT2D eigenvalue weighted by Gasteiger charge is -2.50. The fourth-order valence-corrected chi connectivity index (χ4v) is 4.91. The Morgan fingerprint density at radius 1 is 1.06 bits per heavy atom. The molecule has 2 heteroatoms. The number of hydrogen-bond acceptors (Lipinski definition) is 2. The van der Waals surface area contributed by atoms with E-state index in [-0.39, 0.29) is 5.54 Å². The minimum Gasteiger partial charge on any atom is -0.321 e. The van der Waals surface area contributed by atoms with E-state index in [1.165, 1.54) is 16.9 Å². The molecule has 1 aromatic heterocycles. The third-order valence-corrected chi connectivity index (χ3v) is 4.71. The Labute approximate surface area is 109 Å². The molecule has 1 aliphatic rings. The van der Waals surface area contributed by atoms with Gasteiger partial charge in [-0.15, -0.1) is 11.3 Å². The van der Waals surface area contributed by atoms with Crippen LogP contribution >= 0.6 is 11.3 Å². The average molecular weight is 251 g/mol. The number of nitrogens with two attached hydrogens (primary N) is 1. The molecule has 0 aliphatic heterocycles. The molecule has 0 radical (unpaired) electrons. The predicted octanol–water partition coefficient (Wildman–Crippen LogP) is 4.45. The molecule has 1 nitrogen and oxygen atoms in total. The molecule has 1 aromatic rings. The fourth-order valence-electron chi connectivity index (χ4n) is 4.10. The molecule has 0 atom stereocenters. The molecule has 2 rings (SSSR count). The van der Waals surface area contributed by atoms with Crippen molar-refractivity contribution in [3.05, 3.63) is 21.9 Å². The van der Waals surface area contributed by atoms with Crippen LogP contribution in [0.3, 0.4) is 0 Å². The van der Waals surface area contributed by atoms with Crippen LogP contribution in [0.5, 0.6) is 0 Å². The van der Waals surface area contributed by atoms with E-state index < -0.39 is 0 Å². The van der Waals surface area contributed by atoms with E-state index in [0.29, 0.717) is 10.8 Å². The smallest absolute Gasteiger partial charge is 0.0428 e. The van der Waals surface area contributed by atoms with Crippen LogP contribution in [0, 0.1) is 17.8 Å². The van der Waals surface area contributed by atoms with Crippen LogP contribution in [0.1, 0.15) is 57.4 Å². The highest BCUT2D eigenvalue weighted by Crippen LogP contribution is 2.53. The summed E-state index contributed by atoms with van der Waals surface area (Å²) in [4.78, 5) is 1.37. The van der Waals surface area contributed by atoms with Crippen LogP contribution in [0.2, 0.25) is 0 Å². The second-order valence-corrected chi connectivity index (χ2v) is 8.58. The van der Waals surface area contributed by atoms with Gasteiger partial charge in [0.2, 0.25) is 0 Å². The van der Waals surface area contributed by atoms with Gasteiger partial charge in [0.1, 0.15) is 0 Å². The summed E-state index contributed by atoms with van der Waals surface area (Å²) < 4.78 is 0. The van der Waals surface area contributed by atoms with E-state index in [1.54, 1.807) is 0 Å². The van der Waals surface area contributed by atoms with Crippen molar-refractivity contribution in [3.8, 4) is 0 Å². The zero-order chi connectivity index (χ0) is 12.9. The summed E-state index contributed by atoms with van der Waals surface area (Å²) in [5.41, 5.74) is 8.65. The minimum atomic E-state index is -0.129. The van der Waals surface area contributed by atoms with Gasteiger partial charge in [-0.05, 0) is 54.0 Å². The molecule has 0 saturated heterocycles. The molecule has 0 spiro atoms. The van der Waals surface area contributed by atoms with Crippen molar-refractivity contribution in [3.63, 3.8) is 0 Å². The van der Waals surface area contributed by atoms with E-state index >= 15 is 0 Å². The first-order valence-corrected chi connectivity index (χ1v) is 7.35. The van der Waals surface area contributed by atoms with Gasteiger partial charge < -0.3 is 5.73 Å². The maximum atomic E-state index is 6.75. The topological polar surface area (TPSA) is 26.0 Å². The normalized spacial score (nSPS) is 25.8. The van der Waals surface area contributed by atoms with E-state index in [1.807, 2.05) is 11.3 Å². The second-order valence-electron chi connectivity index (χ2n) is 7.46. The first kappa shape index (κ1) is 13.1. The highest BCUT2D eigenvalue weighted by atomic mass is 32.1. The quantitative estimate of drug-likeness (QED) is 0.784. The third kappa shape index (κ3) is 2.74. The Bertz CT molecular complexity index is 398. The van der Waals surface area contributed by atoms with Crippen molar-refractivity contribution in [1.29, 1.82) is 0 Å². The molecule has 2 N–H and O–H groups in total. The maximum Gasteiger partial charge on any atom is 0.0428 e. The standard InChI is InChI=1S/C15H25NS/c1-11-6-12(7-17-11)15(16)9-13(2,3)8-14(4,5)10-15/h6-7H,8-10,16H2,1-5H3. The average Bonchev–Trinajstić information content (AvgIpc) is 2.44. The third-order valence-electron chi connectivity index (χ3n) is 3.85. The van der Waals surface area contributed by atoms with Gasteiger partial charge >= 0.3 is 0 Å². The number of rotatable bonds is 1. The van der Waals surface area contributed by atoms with E-state index in [2.05, 4.69) is 46.1 Å². The van der Waals surface area contributed by atoms with Crippen LogP contribution in [0.15, 0.2) is 11.4 Å². The van der Waals surface area contributed by atoms with Crippen molar-refractivity contribution >= 4 is 11.3 Å². The fraction of sp³-hybridized carbons (Fsp3) is 0.733. The highest BCUT2D eigenvalue weighted by Gasteiger charge is 2.46. The minimum absolute atomic E-state index is 0.129. The van der Waals surface area contributed by atoms with E-state index in [0.717, 1.165) is 12.8 Å². The maximum absolute atomic E-state index is 6.75. The molecule has 0 amide bonds. The Morgan fingerprint density at radius 3 is 2.00 bits per heavy atom. The summed E-state index contributed by atoms with van der Waals surface area (Å²) in [7, 11) is 0. The van der Waals surface area contributed by atoms with Crippen molar-refractivity contribution < 1.29 is 0 Å². The molecule has 0 unspecified atom stereocenters. The van der Waals surface area contributed by atoms with Gasteiger partial charge in [-0.1, -0.05) is 27.7 Å². The lowest BCUT2D eigenvalue weighted by molar-refractivity contribution is 0.0472. The Morgan fingerprint density at radius 2 is 1.59 bits per heavy atom. The van der Waals surface area contributed by atoms with Crippen molar-refractivity contribution in [2.75, 3.05) is 0 Å². The Balaban J connectivity index is 2.36. The van der Waals surface area contributed by atoms with Gasteiger partial charge in [-0.3, -0.25) is 0 Å². The van der Waals surface area contributed by atoms with Gasteiger partial charge in [-0.25, -0.2) is 0 Å². The van der Waals surface area contributed by atoms with Crippen molar-refractivity contribution in [2.45, 2.75) is 59.4 Å². The summed E-state index contributed by atoms with van der Waals surface area (Å²) in [6, 6.07) is 2.28. The lowest BCUT2D eigenvalue weighted by atomic mass is 9.57. The molecular formula is C15H25NS. The van der Waals surface area contributed by atoms with Gasteiger partial charge in [0.25, 0.3) is 0 Å². The SMILES string of the molecule is Cc1cc(C2(N)CC(C)(C)CC(C)(C)C2)cs1. The molecular weight excluding hydrogens is 226 g/mol. The monoisotopic (exact) mass is 251 g/mol. The summed E-state index contributed by atoms with van der Waals surface area (Å²) in [6.07, 6.45) is 3.46. The van der Waals surface area contributed by atoms with Gasteiger partial charge in [0.05, 0.1) is 0 Å². The molecule has 1 aliphatic carbocycles. The first-order valence-electron chi connectivity index (χ1n) is 6.47. The summed E-state index contributed by atoms with van der Waals surface area (Å²) >= 11 is 1.82. The second kappa shape index (κ2) is 3.83. The number of aryl methyl sites for hydroxylation is 1. The van der Waals surface area contributed by atoms with E-state index in [9.17, 15) is 0 Å². The first-order chi connectivity index (χ1) is 7.62. The van der Waals surface area contributed by atoms with Crippen LogP contribution in [-0.4, -0.2) is 0 Å². The van der Waals surface area contributed by atoms with Crippen molar-refractivity contribution in [1.82, 2.24) is 0 Å². The summed E-state index contributed by atoms with van der Waals surface area (Å²) in [5.74, 6) is 0. The Hall–Kier alpha value is -0.340. The van der Waals surface area contributed by atoms with Crippen LogP contribution in [0.4, 0.5) is 0 Å². The molecule has 17 heavy (non-hydrogen) atoms. The predicted molar refractivity (Wildman–Crippen MR) is 76.3 cm³/mol. The van der Waals surface area contributed by atoms with Gasteiger partial charge in [0, 0.05) is 10.4 Å². The molecule has 0 aromatic carbocycles. The molecule has 96 valence electrons. The largest absolute Gasteiger partial charge is 0.321 e. The molecule has 1 fully saturated rings. The number of hydrogen-bond donors (Lipinski definition) is 1. The lowest BCUT2D eigenvalue weighted by Crippen LogP contribution is -2.49.